The first-order chi connectivity index (χ1) is 21.6. The van der Waals surface area contributed by atoms with Crippen molar-refractivity contribution in [1.82, 2.24) is 19.4 Å². The molecule has 4 nitrogen and oxygen atoms in total. The number of pyridine rings is 3. The minimum absolute atomic E-state index is 0. The van der Waals surface area contributed by atoms with Crippen LogP contribution in [-0.2, 0) is 26.5 Å². The summed E-state index contributed by atoms with van der Waals surface area (Å²) in [4.78, 5) is 14.8. The van der Waals surface area contributed by atoms with E-state index in [9.17, 15) is 0 Å². The van der Waals surface area contributed by atoms with Crippen LogP contribution in [0.5, 0.6) is 0 Å². The van der Waals surface area contributed by atoms with Crippen LogP contribution < -0.4 is 0 Å². The zero-order valence-electron chi connectivity index (χ0n) is 24.7. The summed E-state index contributed by atoms with van der Waals surface area (Å²) < 4.78 is 2.32. The smallest absolute Gasteiger partial charge is 0.334 e. The fourth-order valence-corrected chi connectivity index (χ4v) is 6.77. The van der Waals surface area contributed by atoms with Crippen LogP contribution in [0.1, 0.15) is 25.0 Å². The predicted octanol–water partition coefficient (Wildman–Crippen LogP) is 9.48. The Morgan fingerprint density at radius 3 is 2.07 bits per heavy atom. The number of hydrogen-bond donors (Lipinski definition) is 0. The summed E-state index contributed by atoms with van der Waals surface area (Å²) in [7, 11) is 0. The van der Waals surface area contributed by atoms with E-state index in [-0.39, 0.29) is 26.5 Å². The maximum atomic E-state index is 5.33. The SMILES string of the molecule is CC(C)(c1[c-]c(-c2ccccn2)ccc1)c1[c-]c2c3ncccc3c3nc4c5ccccc5c5ccccc5c4n3c2cc1.[Pt+2]. The molecule has 0 spiro atoms. The van der Waals surface area contributed by atoms with Gasteiger partial charge in [0.05, 0.1) is 11.0 Å². The largest absolute Gasteiger partial charge is 2.00 e. The number of hydrogen-bond acceptors (Lipinski definition) is 3. The average Bonchev–Trinajstić information content (AvgIpc) is 3.50. The monoisotopic (exact) mass is 757 g/mol. The van der Waals surface area contributed by atoms with Gasteiger partial charge in [-0.15, -0.1) is 64.5 Å². The maximum absolute atomic E-state index is 5.33. The molecule has 0 fully saturated rings. The summed E-state index contributed by atoms with van der Waals surface area (Å²) in [5.41, 5.74) is 8.66. The van der Waals surface area contributed by atoms with Crippen molar-refractivity contribution in [3.05, 3.63) is 145 Å². The van der Waals surface area contributed by atoms with E-state index in [0.717, 1.165) is 66.3 Å². The second-order valence-electron chi connectivity index (χ2n) is 11.9. The van der Waals surface area contributed by atoms with Gasteiger partial charge in [0.2, 0.25) is 0 Å². The quantitative estimate of drug-likeness (QED) is 0.133. The molecule has 0 saturated carbocycles. The summed E-state index contributed by atoms with van der Waals surface area (Å²) >= 11 is 0. The molecule has 0 bridgehead atoms. The first kappa shape index (κ1) is 27.6. The minimum atomic E-state index is -0.366. The fraction of sp³-hybridized carbons (Fsp3) is 0.0750. The molecule has 0 unspecified atom stereocenters. The molecule has 0 saturated heterocycles. The molecule has 0 radical (unpaired) electrons. The van der Waals surface area contributed by atoms with Crippen molar-refractivity contribution in [3.63, 3.8) is 0 Å². The van der Waals surface area contributed by atoms with Gasteiger partial charge in [-0.05, 0) is 39.5 Å². The Balaban J connectivity index is 0.00000300. The second kappa shape index (κ2) is 10.3. The van der Waals surface area contributed by atoms with Gasteiger partial charge >= 0.3 is 21.1 Å². The predicted molar refractivity (Wildman–Crippen MR) is 180 cm³/mol. The molecule has 5 heteroatoms. The molecule has 0 atom stereocenters. The number of rotatable bonds is 3. The second-order valence-corrected chi connectivity index (χ2v) is 11.9. The molecular formula is C40H26N4Pt. The summed E-state index contributed by atoms with van der Waals surface area (Å²) in [6.45, 7) is 4.47. The van der Waals surface area contributed by atoms with Gasteiger partial charge < -0.3 is 14.4 Å². The van der Waals surface area contributed by atoms with Crippen LogP contribution in [-0.4, -0.2) is 19.4 Å². The standard InChI is InChI=1S/C40H26N4.Pt/c1-40(2,26-12-9-11-25(23-26)34-18-7-8-21-41-34)27-19-20-35-33(24-27)36-32(17-10-22-42-36)39-43-37-30-15-5-3-13-28(30)29-14-4-6-16-31(29)38(37)44(35)39;/h3-22H,1-2H3;/q-2;+2. The van der Waals surface area contributed by atoms with Crippen molar-refractivity contribution in [2.45, 2.75) is 19.3 Å². The Hall–Kier alpha value is -4.92. The molecule has 4 heterocycles. The number of aromatic nitrogens is 4. The van der Waals surface area contributed by atoms with Gasteiger partial charge in [-0.2, -0.15) is 0 Å². The Morgan fingerprint density at radius 1 is 0.578 bits per heavy atom. The Labute approximate surface area is 274 Å². The third-order valence-electron chi connectivity index (χ3n) is 9.06. The summed E-state index contributed by atoms with van der Waals surface area (Å²) in [5.74, 6) is 0. The molecule has 9 aromatic rings. The summed E-state index contributed by atoms with van der Waals surface area (Å²) in [6, 6.07) is 45.6. The van der Waals surface area contributed by atoms with E-state index in [2.05, 4.69) is 120 Å². The van der Waals surface area contributed by atoms with E-state index >= 15 is 0 Å². The third-order valence-corrected chi connectivity index (χ3v) is 9.06. The summed E-state index contributed by atoms with van der Waals surface area (Å²) in [6.07, 6.45) is 3.68. The van der Waals surface area contributed by atoms with Crippen molar-refractivity contribution >= 4 is 60.0 Å². The van der Waals surface area contributed by atoms with Crippen LogP contribution in [0.15, 0.2) is 122 Å². The van der Waals surface area contributed by atoms with Gasteiger partial charge in [-0.1, -0.05) is 80.6 Å². The van der Waals surface area contributed by atoms with Gasteiger partial charge in [0.1, 0.15) is 5.65 Å². The Bertz CT molecular complexity index is 2590. The van der Waals surface area contributed by atoms with Crippen LogP contribution in [0.4, 0.5) is 0 Å². The van der Waals surface area contributed by atoms with E-state index in [1.807, 2.05) is 36.7 Å². The number of benzene rings is 5. The molecule has 0 aliphatic heterocycles. The van der Waals surface area contributed by atoms with Crippen molar-refractivity contribution in [2.75, 3.05) is 0 Å². The topological polar surface area (TPSA) is 43.1 Å². The Kier molecular flexibility index (Phi) is 6.34. The van der Waals surface area contributed by atoms with Crippen LogP contribution in [0, 0.1) is 12.1 Å². The Morgan fingerprint density at radius 2 is 1.27 bits per heavy atom. The van der Waals surface area contributed by atoms with E-state index in [4.69, 9.17) is 9.97 Å². The molecule has 45 heavy (non-hydrogen) atoms. The third kappa shape index (κ3) is 4.06. The fourth-order valence-electron chi connectivity index (χ4n) is 6.77. The molecule has 0 amide bonds. The zero-order valence-corrected chi connectivity index (χ0v) is 26.9. The molecule has 9 rings (SSSR count). The van der Waals surface area contributed by atoms with Gasteiger partial charge in [0, 0.05) is 34.1 Å². The number of nitrogens with zero attached hydrogens (tertiary/aromatic N) is 4. The van der Waals surface area contributed by atoms with Crippen molar-refractivity contribution < 1.29 is 21.1 Å². The molecule has 0 N–H and O–H groups in total. The van der Waals surface area contributed by atoms with Gasteiger partial charge in [0.15, 0.2) is 0 Å². The number of fused-ring (bicyclic) bond motifs is 13. The molecule has 216 valence electrons. The van der Waals surface area contributed by atoms with Crippen LogP contribution in [0.3, 0.4) is 0 Å². The zero-order chi connectivity index (χ0) is 29.4. The van der Waals surface area contributed by atoms with Crippen molar-refractivity contribution in [3.8, 4) is 11.3 Å². The minimum Gasteiger partial charge on any atom is -0.334 e. The van der Waals surface area contributed by atoms with E-state index in [1.165, 1.54) is 16.2 Å². The van der Waals surface area contributed by atoms with Crippen LogP contribution in [0.2, 0.25) is 0 Å². The first-order valence-corrected chi connectivity index (χ1v) is 14.9. The normalized spacial score (nSPS) is 12.0. The van der Waals surface area contributed by atoms with E-state index in [0.29, 0.717) is 0 Å². The maximum Gasteiger partial charge on any atom is 2.00 e. The molecule has 0 aliphatic rings. The summed E-state index contributed by atoms with van der Waals surface area (Å²) in [5, 5.41) is 6.77. The molecule has 5 aromatic carbocycles. The van der Waals surface area contributed by atoms with Gasteiger partial charge in [0.25, 0.3) is 0 Å². The van der Waals surface area contributed by atoms with E-state index < -0.39 is 0 Å². The molecular weight excluding hydrogens is 732 g/mol. The van der Waals surface area contributed by atoms with Gasteiger partial charge in [-0.3, -0.25) is 0 Å². The molecule has 4 aromatic heterocycles. The average molecular weight is 758 g/mol. The van der Waals surface area contributed by atoms with Gasteiger partial charge in [-0.25, -0.2) is 4.98 Å². The first-order valence-electron chi connectivity index (χ1n) is 14.9. The van der Waals surface area contributed by atoms with E-state index in [1.54, 1.807) is 0 Å². The van der Waals surface area contributed by atoms with Crippen LogP contribution >= 0.6 is 0 Å². The van der Waals surface area contributed by atoms with Crippen molar-refractivity contribution in [2.24, 2.45) is 0 Å². The van der Waals surface area contributed by atoms with Crippen molar-refractivity contribution in [1.29, 1.82) is 0 Å². The molecule has 0 aliphatic carbocycles. The number of imidazole rings is 1. The van der Waals surface area contributed by atoms with Crippen LogP contribution in [0.25, 0.3) is 71.3 Å².